The van der Waals surface area contributed by atoms with Crippen LogP contribution in [0.3, 0.4) is 0 Å². The van der Waals surface area contributed by atoms with Crippen LogP contribution in [0.2, 0.25) is 0 Å². The molecule has 1 heterocycles. The summed E-state index contributed by atoms with van der Waals surface area (Å²) < 4.78 is 14.6. The van der Waals surface area contributed by atoms with E-state index < -0.39 is 17.1 Å². The Morgan fingerprint density at radius 2 is 2.06 bits per heavy atom. The van der Waals surface area contributed by atoms with Crippen molar-refractivity contribution in [3.8, 4) is 0 Å². The van der Waals surface area contributed by atoms with E-state index in [2.05, 4.69) is 11.9 Å². The van der Waals surface area contributed by atoms with Crippen LogP contribution in [0.25, 0.3) is 10.9 Å². The molecule has 2 aromatic rings. The molecule has 0 bridgehead atoms. The summed E-state index contributed by atoms with van der Waals surface area (Å²) in [5, 5.41) is 0.214. The van der Waals surface area contributed by atoms with Crippen LogP contribution in [0.1, 0.15) is 26.2 Å². The third kappa shape index (κ3) is 2.34. The number of H-pyrrole nitrogens is 1. The molecule has 1 aromatic carbocycles. The first-order valence-corrected chi connectivity index (χ1v) is 6.06. The summed E-state index contributed by atoms with van der Waals surface area (Å²) >= 11 is 0. The second-order valence-corrected chi connectivity index (χ2v) is 4.28. The SMILES string of the molecule is CCCCCn1c(=O)[nH]c(=O)c2cc(F)ccc21. The van der Waals surface area contributed by atoms with Crippen LogP contribution in [0.15, 0.2) is 27.8 Å². The van der Waals surface area contributed by atoms with Gasteiger partial charge in [0, 0.05) is 6.54 Å². The molecule has 0 aliphatic carbocycles. The van der Waals surface area contributed by atoms with Crippen LogP contribution < -0.4 is 11.2 Å². The van der Waals surface area contributed by atoms with Crippen molar-refractivity contribution in [2.24, 2.45) is 0 Å². The molecule has 1 aromatic heterocycles. The number of nitrogens with one attached hydrogen (secondary N) is 1. The first-order valence-electron chi connectivity index (χ1n) is 6.06. The number of nitrogens with zero attached hydrogens (tertiary/aromatic N) is 1. The summed E-state index contributed by atoms with van der Waals surface area (Å²) in [6.07, 6.45) is 2.91. The maximum absolute atomic E-state index is 13.1. The minimum absolute atomic E-state index is 0.214. The van der Waals surface area contributed by atoms with Crippen LogP contribution in [0.5, 0.6) is 0 Å². The van der Waals surface area contributed by atoms with E-state index in [4.69, 9.17) is 0 Å². The lowest BCUT2D eigenvalue weighted by molar-refractivity contribution is 0.590. The smallest absolute Gasteiger partial charge is 0.293 e. The maximum Gasteiger partial charge on any atom is 0.328 e. The molecule has 0 radical (unpaired) electrons. The quantitative estimate of drug-likeness (QED) is 0.844. The van der Waals surface area contributed by atoms with Gasteiger partial charge < -0.3 is 0 Å². The molecule has 1 N–H and O–H groups in total. The summed E-state index contributed by atoms with van der Waals surface area (Å²) in [6.45, 7) is 2.61. The number of halogens is 1. The van der Waals surface area contributed by atoms with Crippen molar-refractivity contribution in [1.29, 1.82) is 0 Å². The molecular weight excluding hydrogens is 235 g/mol. The summed E-state index contributed by atoms with van der Waals surface area (Å²) in [6, 6.07) is 3.90. The van der Waals surface area contributed by atoms with Crippen LogP contribution in [-0.2, 0) is 6.54 Å². The van der Waals surface area contributed by atoms with E-state index in [-0.39, 0.29) is 5.39 Å². The van der Waals surface area contributed by atoms with E-state index in [1.165, 1.54) is 16.7 Å². The highest BCUT2D eigenvalue weighted by Crippen LogP contribution is 2.10. The van der Waals surface area contributed by atoms with Gasteiger partial charge in [-0.05, 0) is 24.6 Å². The van der Waals surface area contributed by atoms with Gasteiger partial charge in [-0.3, -0.25) is 14.3 Å². The van der Waals surface area contributed by atoms with Crippen molar-refractivity contribution in [2.45, 2.75) is 32.7 Å². The number of aromatic nitrogens is 2. The number of aromatic amines is 1. The van der Waals surface area contributed by atoms with Crippen molar-refractivity contribution < 1.29 is 4.39 Å². The number of rotatable bonds is 4. The Hall–Kier alpha value is -1.91. The minimum atomic E-state index is -0.541. The van der Waals surface area contributed by atoms with E-state index >= 15 is 0 Å². The van der Waals surface area contributed by atoms with E-state index in [0.29, 0.717) is 12.1 Å². The standard InChI is InChI=1S/C13H15FN2O2/c1-2-3-4-7-16-11-6-5-9(14)8-10(11)12(17)15-13(16)18/h5-6,8H,2-4,7H2,1H3,(H,15,17,18). The van der Waals surface area contributed by atoms with Gasteiger partial charge in [0.25, 0.3) is 5.56 Å². The number of hydrogen-bond acceptors (Lipinski definition) is 2. The average molecular weight is 250 g/mol. The molecular formula is C13H15FN2O2. The highest BCUT2D eigenvalue weighted by atomic mass is 19.1. The van der Waals surface area contributed by atoms with Crippen LogP contribution >= 0.6 is 0 Å². The molecule has 5 heteroatoms. The largest absolute Gasteiger partial charge is 0.328 e. The minimum Gasteiger partial charge on any atom is -0.293 e. The van der Waals surface area contributed by atoms with Gasteiger partial charge in [-0.25, -0.2) is 9.18 Å². The number of unbranched alkanes of at least 4 members (excludes halogenated alkanes) is 2. The number of aryl methyl sites for hydroxylation is 1. The first kappa shape index (κ1) is 12.5. The molecule has 0 fully saturated rings. The van der Waals surface area contributed by atoms with Gasteiger partial charge in [0.05, 0.1) is 10.9 Å². The lowest BCUT2D eigenvalue weighted by Gasteiger charge is -2.08. The molecule has 0 aliphatic rings. The Morgan fingerprint density at radius 1 is 1.28 bits per heavy atom. The summed E-state index contributed by atoms with van der Waals surface area (Å²) in [7, 11) is 0. The Morgan fingerprint density at radius 3 is 2.78 bits per heavy atom. The van der Waals surface area contributed by atoms with Crippen LogP contribution in [0, 0.1) is 5.82 Å². The topological polar surface area (TPSA) is 54.9 Å². The third-order valence-electron chi connectivity index (χ3n) is 2.94. The Bertz CT molecular complexity index is 673. The van der Waals surface area contributed by atoms with Crippen molar-refractivity contribution in [3.63, 3.8) is 0 Å². The number of benzene rings is 1. The van der Waals surface area contributed by atoms with E-state index in [1.807, 2.05) is 0 Å². The summed E-state index contributed by atoms with van der Waals surface area (Å²) in [5.74, 6) is -0.480. The fraction of sp³-hybridized carbons (Fsp3) is 0.385. The molecule has 96 valence electrons. The predicted octanol–water partition coefficient (Wildman–Crippen LogP) is 2.02. The molecule has 2 rings (SSSR count). The van der Waals surface area contributed by atoms with Gasteiger partial charge >= 0.3 is 5.69 Å². The van der Waals surface area contributed by atoms with Crippen molar-refractivity contribution in [1.82, 2.24) is 9.55 Å². The van der Waals surface area contributed by atoms with Gasteiger partial charge in [0.1, 0.15) is 5.82 Å². The van der Waals surface area contributed by atoms with E-state index in [0.717, 1.165) is 25.3 Å². The summed E-state index contributed by atoms with van der Waals surface area (Å²) in [4.78, 5) is 25.6. The van der Waals surface area contributed by atoms with Gasteiger partial charge in [-0.2, -0.15) is 0 Å². The van der Waals surface area contributed by atoms with Gasteiger partial charge in [-0.15, -0.1) is 0 Å². The predicted molar refractivity (Wildman–Crippen MR) is 68.3 cm³/mol. The van der Waals surface area contributed by atoms with E-state index in [9.17, 15) is 14.0 Å². The second-order valence-electron chi connectivity index (χ2n) is 4.28. The zero-order chi connectivity index (χ0) is 13.1. The zero-order valence-electron chi connectivity index (χ0n) is 10.2. The Labute approximate surface area is 103 Å². The van der Waals surface area contributed by atoms with E-state index in [1.54, 1.807) is 0 Å². The van der Waals surface area contributed by atoms with Crippen LogP contribution in [-0.4, -0.2) is 9.55 Å². The fourth-order valence-corrected chi connectivity index (χ4v) is 2.01. The van der Waals surface area contributed by atoms with Gasteiger partial charge in [0.2, 0.25) is 0 Å². The monoisotopic (exact) mass is 250 g/mol. The number of hydrogen-bond donors (Lipinski definition) is 1. The lowest BCUT2D eigenvalue weighted by Crippen LogP contribution is -2.30. The lowest BCUT2D eigenvalue weighted by atomic mass is 10.2. The highest BCUT2D eigenvalue weighted by molar-refractivity contribution is 5.77. The summed E-state index contributed by atoms with van der Waals surface area (Å²) in [5.41, 5.74) is -0.488. The highest BCUT2D eigenvalue weighted by Gasteiger charge is 2.07. The molecule has 18 heavy (non-hydrogen) atoms. The molecule has 0 atom stereocenters. The van der Waals surface area contributed by atoms with Crippen molar-refractivity contribution >= 4 is 10.9 Å². The van der Waals surface area contributed by atoms with Crippen molar-refractivity contribution in [2.75, 3.05) is 0 Å². The normalized spacial score (nSPS) is 11.0. The second kappa shape index (κ2) is 5.16. The average Bonchev–Trinajstić information content (AvgIpc) is 2.34. The Kier molecular flexibility index (Phi) is 3.60. The molecule has 0 amide bonds. The molecule has 0 saturated heterocycles. The van der Waals surface area contributed by atoms with Gasteiger partial charge in [-0.1, -0.05) is 19.8 Å². The van der Waals surface area contributed by atoms with Crippen LogP contribution in [0.4, 0.5) is 4.39 Å². The first-order chi connectivity index (χ1) is 8.63. The van der Waals surface area contributed by atoms with Crippen molar-refractivity contribution in [3.05, 3.63) is 44.9 Å². The molecule has 0 unspecified atom stereocenters. The van der Waals surface area contributed by atoms with Gasteiger partial charge in [0.15, 0.2) is 0 Å². The molecule has 0 saturated carbocycles. The maximum atomic E-state index is 13.1. The number of fused-ring (bicyclic) bond motifs is 1. The Balaban J connectivity index is 2.58. The third-order valence-corrected chi connectivity index (χ3v) is 2.94. The fourth-order valence-electron chi connectivity index (χ4n) is 2.01. The molecule has 0 spiro atoms. The molecule has 4 nitrogen and oxygen atoms in total. The molecule has 0 aliphatic heterocycles. The zero-order valence-corrected chi connectivity index (χ0v) is 10.2.